The number of likely N-dealkylation sites (N-methyl/N-ethyl adjacent to an activating group) is 4. The van der Waals surface area contributed by atoms with Crippen LogP contribution in [0.5, 0.6) is 0 Å². The number of halogens is 1. The van der Waals surface area contributed by atoms with Crippen LogP contribution in [0.3, 0.4) is 0 Å². The summed E-state index contributed by atoms with van der Waals surface area (Å²) in [5, 5.41) is 0. The van der Waals surface area contributed by atoms with Crippen molar-refractivity contribution < 1.29 is 30.4 Å². The number of nitrogens with zero attached hydrogens (tertiary/aromatic N) is 4. The van der Waals surface area contributed by atoms with Crippen molar-refractivity contribution in [1.82, 2.24) is 4.90 Å². The van der Waals surface area contributed by atoms with Gasteiger partial charge in [-0.15, -0.1) is 0 Å². The van der Waals surface area contributed by atoms with Crippen molar-refractivity contribution in [2.75, 3.05) is 103 Å². The van der Waals surface area contributed by atoms with E-state index in [9.17, 15) is 0 Å². The highest BCUT2D eigenvalue weighted by molar-refractivity contribution is 4.48. The summed E-state index contributed by atoms with van der Waals surface area (Å²) in [6.07, 6.45) is 22.8. The van der Waals surface area contributed by atoms with Crippen molar-refractivity contribution in [2.24, 2.45) is 0 Å². The van der Waals surface area contributed by atoms with Gasteiger partial charge in [0, 0.05) is 6.54 Å². The summed E-state index contributed by atoms with van der Waals surface area (Å²) in [7, 11) is 20.7. The lowest BCUT2D eigenvalue weighted by Crippen LogP contribution is -3.00. The van der Waals surface area contributed by atoms with E-state index >= 15 is 0 Å². The molecular weight excluding hydrogens is 532 g/mol. The molecule has 0 atom stereocenters. The lowest BCUT2D eigenvalue weighted by molar-refractivity contribution is -0.937. The Hall–Kier alpha value is 0.320. The number of hydrogen-bond acceptors (Lipinski definition) is 1. The van der Waals surface area contributed by atoms with Crippen LogP contribution in [0.1, 0.15) is 117 Å². The average Bonchev–Trinajstić information content (AvgIpc) is 2.80. The molecule has 0 N–H and O–H groups in total. The molecule has 0 radical (unpaired) electrons. The Balaban J connectivity index is -0.000000629. The van der Waals surface area contributed by atoms with Gasteiger partial charge in [0.15, 0.2) is 0 Å². The fourth-order valence-corrected chi connectivity index (χ4v) is 4.61. The molecule has 0 aliphatic rings. The number of quaternary nitrogens is 3. The molecule has 0 fully saturated rings. The van der Waals surface area contributed by atoms with Gasteiger partial charge in [-0.1, -0.05) is 90.9 Å². The topological polar surface area (TPSA) is 3.24 Å². The molecule has 5 heteroatoms. The van der Waals surface area contributed by atoms with E-state index in [1.807, 2.05) is 0 Å². The first-order chi connectivity index (χ1) is 17.2. The zero-order chi connectivity index (χ0) is 28.6. The summed E-state index contributed by atoms with van der Waals surface area (Å²) in [4.78, 5) is 2.29. The zero-order valence-electron chi connectivity index (χ0n) is 28.7. The van der Waals surface area contributed by atoms with Crippen LogP contribution in [-0.2, 0) is 0 Å². The summed E-state index contributed by atoms with van der Waals surface area (Å²) in [5.74, 6) is 0. The summed E-state index contributed by atoms with van der Waals surface area (Å²) < 4.78 is 3.44. The van der Waals surface area contributed by atoms with Crippen LogP contribution in [0.15, 0.2) is 0 Å². The Kier molecular flexibility index (Phi) is 29.5. The quantitative estimate of drug-likeness (QED) is 0.114. The molecule has 4 nitrogen and oxygen atoms in total. The molecular formula is C33H77BrN4+2. The highest BCUT2D eigenvalue weighted by Gasteiger charge is 2.19. The minimum Gasteiger partial charge on any atom is -1.00 e. The lowest BCUT2D eigenvalue weighted by Gasteiger charge is -2.33. The second kappa shape index (κ2) is 26.2. The Bertz CT molecular complexity index is 472. The SMILES string of the molecule is CCCCCCCCCC[N+](C)(C)CCN(C)C.CCCCCCCCCC[N+](C)(C)CC[N+](C)(C)C.[Br-]. The zero-order valence-corrected chi connectivity index (χ0v) is 30.3. The van der Waals surface area contributed by atoms with E-state index in [0.29, 0.717) is 0 Å². The monoisotopic (exact) mass is 609 g/mol. The van der Waals surface area contributed by atoms with Gasteiger partial charge in [-0.3, -0.25) is 0 Å². The predicted molar refractivity (Wildman–Crippen MR) is 170 cm³/mol. The van der Waals surface area contributed by atoms with Crippen LogP contribution < -0.4 is 17.0 Å². The van der Waals surface area contributed by atoms with Crippen LogP contribution in [-0.4, -0.2) is 121 Å². The molecule has 0 rings (SSSR count). The minimum atomic E-state index is 0. The van der Waals surface area contributed by atoms with Crippen molar-refractivity contribution in [3.8, 4) is 0 Å². The van der Waals surface area contributed by atoms with Crippen molar-refractivity contribution >= 4 is 0 Å². The van der Waals surface area contributed by atoms with Crippen LogP contribution in [0, 0.1) is 0 Å². The molecule has 0 aromatic heterocycles. The normalized spacial score (nSPS) is 12.3. The van der Waals surface area contributed by atoms with Gasteiger partial charge in [0.1, 0.15) is 13.1 Å². The van der Waals surface area contributed by atoms with Gasteiger partial charge in [0.25, 0.3) is 0 Å². The van der Waals surface area contributed by atoms with Gasteiger partial charge < -0.3 is 35.3 Å². The van der Waals surface area contributed by atoms with Crippen molar-refractivity contribution in [2.45, 2.75) is 117 Å². The molecule has 0 heterocycles. The van der Waals surface area contributed by atoms with E-state index in [4.69, 9.17) is 0 Å². The van der Waals surface area contributed by atoms with Crippen LogP contribution in [0.4, 0.5) is 0 Å². The number of unbranched alkanes of at least 4 members (excludes halogenated alkanes) is 14. The summed E-state index contributed by atoms with van der Waals surface area (Å²) >= 11 is 0. The molecule has 0 aromatic carbocycles. The van der Waals surface area contributed by atoms with Crippen LogP contribution >= 0.6 is 0 Å². The first-order valence-corrected chi connectivity index (χ1v) is 16.3. The largest absolute Gasteiger partial charge is 1.00 e. The van der Waals surface area contributed by atoms with E-state index in [2.05, 4.69) is 82.2 Å². The van der Waals surface area contributed by atoms with Gasteiger partial charge in [-0.2, -0.15) is 0 Å². The van der Waals surface area contributed by atoms with Gasteiger partial charge in [0.2, 0.25) is 0 Å². The molecule has 0 unspecified atom stereocenters. The van der Waals surface area contributed by atoms with E-state index in [-0.39, 0.29) is 17.0 Å². The molecule has 0 saturated heterocycles. The second-order valence-corrected chi connectivity index (χ2v) is 14.5. The second-order valence-electron chi connectivity index (χ2n) is 14.5. The fraction of sp³-hybridized carbons (Fsp3) is 1.00. The maximum atomic E-state index is 2.39. The molecule has 0 aliphatic carbocycles. The summed E-state index contributed by atoms with van der Waals surface area (Å²) in [6.45, 7) is 12.3. The smallest absolute Gasteiger partial charge is 0.128 e. The maximum Gasteiger partial charge on any atom is 0.128 e. The fourth-order valence-electron chi connectivity index (χ4n) is 4.61. The molecule has 0 aromatic rings. The van der Waals surface area contributed by atoms with E-state index in [0.717, 1.165) is 4.48 Å². The van der Waals surface area contributed by atoms with Crippen molar-refractivity contribution in [1.29, 1.82) is 0 Å². The molecule has 0 amide bonds. The minimum absolute atomic E-state index is 0. The Morgan fingerprint density at radius 1 is 0.395 bits per heavy atom. The van der Waals surface area contributed by atoms with Crippen molar-refractivity contribution in [3.63, 3.8) is 0 Å². The Morgan fingerprint density at radius 3 is 1.03 bits per heavy atom. The first kappa shape index (κ1) is 42.8. The van der Waals surface area contributed by atoms with Crippen LogP contribution in [0.25, 0.3) is 0 Å². The number of hydrogen-bond donors (Lipinski definition) is 0. The van der Waals surface area contributed by atoms with Gasteiger partial charge in [0.05, 0.1) is 69.0 Å². The Morgan fingerprint density at radius 2 is 0.711 bits per heavy atom. The third-order valence-corrected chi connectivity index (χ3v) is 7.76. The van der Waals surface area contributed by atoms with Gasteiger partial charge in [-0.05, 0) is 39.8 Å². The highest BCUT2D eigenvalue weighted by Crippen LogP contribution is 2.11. The third-order valence-electron chi connectivity index (χ3n) is 7.76. The van der Waals surface area contributed by atoms with Crippen LogP contribution in [0.2, 0.25) is 0 Å². The number of rotatable bonds is 24. The van der Waals surface area contributed by atoms with Gasteiger partial charge in [-0.25, -0.2) is 0 Å². The first-order valence-electron chi connectivity index (χ1n) is 16.3. The molecule has 38 heavy (non-hydrogen) atoms. The average molecular weight is 610 g/mol. The molecule has 234 valence electrons. The summed E-state index contributed by atoms with van der Waals surface area (Å²) in [6, 6.07) is 0. The molecule has 0 bridgehead atoms. The highest BCUT2D eigenvalue weighted by atomic mass is 79.9. The summed E-state index contributed by atoms with van der Waals surface area (Å²) in [5.41, 5.74) is 0. The maximum absolute atomic E-state index is 2.39. The standard InChI is InChI=1S/C17H40N2.C16H37N2.BrH/c1-7-8-9-10-11-12-13-14-15-19(5,6)17-16-18(2,3)4;1-6-7-8-9-10-11-12-13-15-18(4,5)16-14-17(2)3;/h7-17H2,1-6H3;6-16H2,1-5H3;1H/q+2;+1;/p-1. The predicted octanol–water partition coefficient (Wildman–Crippen LogP) is 4.68. The molecule has 0 aliphatic heterocycles. The van der Waals surface area contributed by atoms with E-state index in [1.54, 1.807) is 0 Å². The van der Waals surface area contributed by atoms with Crippen molar-refractivity contribution in [3.05, 3.63) is 0 Å². The lowest BCUT2D eigenvalue weighted by atomic mass is 10.1. The Labute approximate surface area is 254 Å². The van der Waals surface area contributed by atoms with E-state index < -0.39 is 0 Å². The molecule has 0 saturated carbocycles. The molecule has 0 spiro atoms. The van der Waals surface area contributed by atoms with Gasteiger partial charge >= 0.3 is 0 Å². The van der Waals surface area contributed by atoms with E-state index in [1.165, 1.54) is 151 Å². The third kappa shape index (κ3) is 36.3.